The smallest absolute Gasteiger partial charge is 0.195 e. The van der Waals surface area contributed by atoms with E-state index < -0.39 is 0 Å². The highest BCUT2D eigenvalue weighted by Gasteiger charge is 2.19. The van der Waals surface area contributed by atoms with Gasteiger partial charge in [-0.2, -0.15) is 0 Å². The summed E-state index contributed by atoms with van der Waals surface area (Å²) in [6.07, 6.45) is 3.28. The molecule has 0 saturated heterocycles. The Kier molecular flexibility index (Phi) is 2.80. The number of ketones is 1. The summed E-state index contributed by atoms with van der Waals surface area (Å²) in [6.45, 7) is 1.18. The van der Waals surface area contributed by atoms with Crippen molar-refractivity contribution in [2.45, 2.75) is 13.2 Å². The number of hydrogen-bond acceptors (Lipinski definition) is 3. The number of nitrogens with one attached hydrogen (secondary N) is 1. The third-order valence-corrected chi connectivity index (χ3v) is 4.07. The molecule has 1 aliphatic heterocycles. The Morgan fingerprint density at radius 1 is 1.24 bits per heavy atom. The molecular formula is C16H11ClN2O2. The van der Waals surface area contributed by atoms with Gasteiger partial charge in [-0.3, -0.25) is 4.79 Å². The van der Waals surface area contributed by atoms with Crippen molar-refractivity contribution < 1.29 is 9.53 Å². The van der Waals surface area contributed by atoms with Crippen LogP contribution in [0, 0.1) is 0 Å². The lowest BCUT2D eigenvalue weighted by Gasteiger charge is -2.03. The number of aromatic nitrogens is 2. The van der Waals surface area contributed by atoms with E-state index in [1.165, 1.54) is 0 Å². The average molecular weight is 299 g/mol. The van der Waals surface area contributed by atoms with E-state index in [1.54, 1.807) is 18.5 Å². The molecule has 5 heteroatoms. The minimum Gasteiger partial charge on any atom is -0.372 e. The van der Waals surface area contributed by atoms with Crippen molar-refractivity contribution >= 4 is 28.4 Å². The van der Waals surface area contributed by atoms with Crippen LogP contribution in [0.25, 0.3) is 11.0 Å². The fourth-order valence-electron chi connectivity index (χ4n) is 2.66. The van der Waals surface area contributed by atoms with Crippen LogP contribution in [0.1, 0.15) is 27.0 Å². The van der Waals surface area contributed by atoms with Crippen molar-refractivity contribution in [1.82, 2.24) is 9.97 Å². The first kappa shape index (κ1) is 12.6. The van der Waals surface area contributed by atoms with Crippen LogP contribution in [0.5, 0.6) is 0 Å². The summed E-state index contributed by atoms with van der Waals surface area (Å²) in [4.78, 5) is 19.9. The summed E-state index contributed by atoms with van der Waals surface area (Å²) in [6, 6.07) is 7.36. The number of H-pyrrole nitrogens is 1. The Bertz CT molecular complexity index is 870. The lowest BCUT2D eigenvalue weighted by atomic mass is 9.99. The largest absolute Gasteiger partial charge is 0.372 e. The number of carbonyl (C=O) groups excluding carboxylic acids is 1. The topological polar surface area (TPSA) is 55.0 Å². The molecule has 0 spiro atoms. The molecular weight excluding hydrogens is 288 g/mol. The van der Waals surface area contributed by atoms with Gasteiger partial charge >= 0.3 is 0 Å². The molecule has 0 bridgehead atoms. The number of rotatable bonds is 2. The number of ether oxygens (including phenoxy) is 1. The minimum atomic E-state index is -0.0640. The van der Waals surface area contributed by atoms with Crippen molar-refractivity contribution in [3.63, 3.8) is 0 Å². The van der Waals surface area contributed by atoms with Crippen LogP contribution in [-0.4, -0.2) is 15.8 Å². The molecule has 21 heavy (non-hydrogen) atoms. The standard InChI is InChI=1S/C16H11ClN2O2/c17-13-3-4-18-16-14(13)12(6-19-16)15(20)9-1-2-10-7-21-8-11(10)5-9/h1-6H,7-8H2,(H,18,19). The van der Waals surface area contributed by atoms with Crippen LogP contribution in [-0.2, 0) is 18.0 Å². The van der Waals surface area contributed by atoms with E-state index in [-0.39, 0.29) is 5.78 Å². The number of fused-ring (bicyclic) bond motifs is 2. The van der Waals surface area contributed by atoms with E-state index in [2.05, 4.69) is 9.97 Å². The van der Waals surface area contributed by atoms with Crippen molar-refractivity contribution in [1.29, 1.82) is 0 Å². The number of aromatic amines is 1. The van der Waals surface area contributed by atoms with Crippen LogP contribution in [0.15, 0.2) is 36.7 Å². The van der Waals surface area contributed by atoms with E-state index >= 15 is 0 Å². The molecule has 0 saturated carbocycles. The fraction of sp³-hybridized carbons (Fsp3) is 0.125. The number of pyridine rings is 1. The van der Waals surface area contributed by atoms with Gasteiger partial charge in [0.1, 0.15) is 5.65 Å². The molecule has 0 aliphatic carbocycles. The first-order valence-electron chi connectivity index (χ1n) is 6.60. The highest BCUT2D eigenvalue weighted by molar-refractivity contribution is 6.37. The maximum Gasteiger partial charge on any atom is 0.195 e. The van der Waals surface area contributed by atoms with Gasteiger partial charge in [0.2, 0.25) is 0 Å². The zero-order chi connectivity index (χ0) is 14.4. The van der Waals surface area contributed by atoms with Crippen molar-refractivity contribution in [3.05, 3.63) is 63.9 Å². The summed E-state index contributed by atoms with van der Waals surface area (Å²) >= 11 is 6.20. The van der Waals surface area contributed by atoms with Crippen LogP contribution in [0.2, 0.25) is 5.02 Å². The van der Waals surface area contributed by atoms with Gasteiger partial charge in [0.05, 0.1) is 23.8 Å². The molecule has 1 N–H and O–H groups in total. The Labute approximate surface area is 125 Å². The van der Waals surface area contributed by atoms with Gasteiger partial charge in [0.25, 0.3) is 0 Å². The van der Waals surface area contributed by atoms with Gasteiger partial charge in [0, 0.05) is 23.3 Å². The minimum absolute atomic E-state index is 0.0640. The predicted molar refractivity (Wildman–Crippen MR) is 79.5 cm³/mol. The SMILES string of the molecule is O=C(c1ccc2c(c1)COC2)c1c[nH]c2nccc(Cl)c12. The summed E-state index contributed by atoms with van der Waals surface area (Å²) in [5.74, 6) is -0.0640. The molecule has 0 amide bonds. The first-order chi connectivity index (χ1) is 10.2. The van der Waals surface area contributed by atoms with Crippen LogP contribution in [0.3, 0.4) is 0 Å². The number of nitrogens with zero attached hydrogens (tertiary/aromatic N) is 1. The zero-order valence-corrected chi connectivity index (χ0v) is 11.8. The highest BCUT2D eigenvalue weighted by Crippen LogP contribution is 2.28. The molecule has 104 valence electrons. The first-order valence-corrected chi connectivity index (χ1v) is 6.97. The highest BCUT2D eigenvalue weighted by atomic mass is 35.5. The second-order valence-electron chi connectivity index (χ2n) is 5.02. The van der Waals surface area contributed by atoms with Gasteiger partial charge in [-0.25, -0.2) is 4.98 Å². The number of halogens is 1. The summed E-state index contributed by atoms with van der Waals surface area (Å²) < 4.78 is 5.38. The zero-order valence-electron chi connectivity index (χ0n) is 11.0. The maximum atomic E-state index is 12.7. The van der Waals surface area contributed by atoms with E-state index in [0.717, 1.165) is 11.1 Å². The molecule has 2 aromatic heterocycles. The third kappa shape index (κ3) is 1.95. The predicted octanol–water partition coefficient (Wildman–Crippen LogP) is 3.48. The van der Waals surface area contributed by atoms with Crippen LogP contribution < -0.4 is 0 Å². The normalized spacial score (nSPS) is 13.6. The molecule has 0 radical (unpaired) electrons. The number of carbonyl (C=O) groups is 1. The van der Waals surface area contributed by atoms with E-state index in [9.17, 15) is 4.79 Å². The second-order valence-corrected chi connectivity index (χ2v) is 5.43. The summed E-state index contributed by atoms with van der Waals surface area (Å²) in [7, 11) is 0. The van der Waals surface area contributed by atoms with Gasteiger partial charge in [-0.15, -0.1) is 0 Å². The Hall–Kier alpha value is -2.17. The average Bonchev–Trinajstić information content (AvgIpc) is 3.13. The Morgan fingerprint density at radius 3 is 3.00 bits per heavy atom. The fourth-order valence-corrected chi connectivity index (χ4v) is 2.91. The summed E-state index contributed by atoms with van der Waals surface area (Å²) in [5, 5.41) is 1.19. The van der Waals surface area contributed by atoms with E-state index in [4.69, 9.17) is 16.3 Å². The van der Waals surface area contributed by atoms with Gasteiger partial charge in [-0.1, -0.05) is 23.7 Å². The van der Waals surface area contributed by atoms with E-state index in [0.29, 0.717) is 40.4 Å². The Morgan fingerprint density at radius 2 is 2.10 bits per heavy atom. The van der Waals surface area contributed by atoms with Crippen molar-refractivity contribution in [2.75, 3.05) is 0 Å². The lowest BCUT2D eigenvalue weighted by Crippen LogP contribution is -2.01. The molecule has 3 heterocycles. The Balaban J connectivity index is 1.83. The second kappa shape index (κ2) is 4.69. The quantitative estimate of drug-likeness (QED) is 0.737. The summed E-state index contributed by atoms with van der Waals surface area (Å²) in [5.41, 5.74) is 4.02. The number of benzene rings is 1. The van der Waals surface area contributed by atoms with Crippen LogP contribution in [0.4, 0.5) is 0 Å². The molecule has 0 atom stereocenters. The molecule has 4 rings (SSSR count). The molecule has 0 fully saturated rings. The molecule has 1 aromatic carbocycles. The third-order valence-electron chi connectivity index (χ3n) is 3.75. The van der Waals surface area contributed by atoms with Gasteiger partial charge < -0.3 is 9.72 Å². The van der Waals surface area contributed by atoms with Crippen molar-refractivity contribution in [3.8, 4) is 0 Å². The van der Waals surface area contributed by atoms with Crippen LogP contribution >= 0.6 is 11.6 Å². The van der Waals surface area contributed by atoms with Gasteiger partial charge in [0.15, 0.2) is 5.78 Å². The van der Waals surface area contributed by atoms with Gasteiger partial charge in [-0.05, 0) is 23.3 Å². The number of hydrogen-bond donors (Lipinski definition) is 1. The monoisotopic (exact) mass is 298 g/mol. The van der Waals surface area contributed by atoms with Crippen molar-refractivity contribution in [2.24, 2.45) is 0 Å². The molecule has 0 unspecified atom stereocenters. The molecule has 4 nitrogen and oxygen atoms in total. The van der Waals surface area contributed by atoms with E-state index in [1.807, 2.05) is 18.2 Å². The molecule has 1 aliphatic rings. The molecule has 3 aromatic rings. The lowest BCUT2D eigenvalue weighted by molar-refractivity contribution is 0.104. The maximum absolute atomic E-state index is 12.7.